The highest BCUT2D eigenvalue weighted by Crippen LogP contribution is 2.50. The number of anilines is 5. The number of aryl methyl sites for hydroxylation is 2. The van der Waals surface area contributed by atoms with Crippen molar-refractivity contribution in [2.75, 3.05) is 9.80 Å². The molecule has 0 spiro atoms. The lowest BCUT2D eigenvalue weighted by molar-refractivity contribution is 0.640. The van der Waals surface area contributed by atoms with Crippen LogP contribution in [0.4, 0.5) is 28.4 Å². The number of allylic oxidation sites excluding steroid dienone is 5. The van der Waals surface area contributed by atoms with Crippen molar-refractivity contribution >= 4 is 82.3 Å². The average molecular weight is 895 g/mol. The van der Waals surface area contributed by atoms with E-state index in [1.807, 2.05) is 0 Å². The molecule has 70 heavy (non-hydrogen) atoms. The van der Waals surface area contributed by atoms with Crippen molar-refractivity contribution in [1.82, 2.24) is 0 Å². The molecule has 0 N–H and O–H groups in total. The molecule has 13 rings (SSSR count). The summed E-state index contributed by atoms with van der Waals surface area (Å²) < 4.78 is 0. The van der Waals surface area contributed by atoms with Gasteiger partial charge in [0.2, 0.25) is 0 Å². The first-order valence-corrected chi connectivity index (χ1v) is 24.5. The van der Waals surface area contributed by atoms with Crippen molar-refractivity contribution in [3.8, 4) is 22.3 Å². The molecule has 0 saturated heterocycles. The Bertz CT molecular complexity index is 4010. The van der Waals surface area contributed by atoms with E-state index >= 15 is 0 Å². The lowest BCUT2D eigenvalue weighted by Gasteiger charge is -2.39. The fourth-order valence-electron chi connectivity index (χ4n) is 11.4. The van der Waals surface area contributed by atoms with Crippen molar-refractivity contribution in [1.29, 1.82) is 0 Å². The van der Waals surface area contributed by atoms with Crippen LogP contribution in [-0.4, -0.2) is 6.04 Å². The Morgan fingerprint density at radius 1 is 0.357 bits per heavy atom. The van der Waals surface area contributed by atoms with Crippen LogP contribution in [0.2, 0.25) is 0 Å². The van der Waals surface area contributed by atoms with Crippen molar-refractivity contribution in [3.63, 3.8) is 0 Å². The highest BCUT2D eigenvalue weighted by molar-refractivity contribution is 6.23. The zero-order valence-corrected chi connectivity index (χ0v) is 39.3. The fraction of sp³-hybridized carbons (Fsp3) is 0.0588. The minimum Gasteiger partial charge on any atom is -0.334 e. The van der Waals surface area contributed by atoms with Crippen molar-refractivity contribution in [2.45, 2.75) is 19.9 Å². The van der Waals surface area contributed by atoms with Crippen molar-refractivity contribution < 1.29 is 0 Å². The number of nitrogens with zero attached hydrogens (tertiary/aromatic N) is 2. The zero-order valence-electron chi connectivity index (χ0n) is 39.3. The van der Waals surface area contributed by atoms with Gasteiger partial charge in [-0.15, -0.1) is 0 Å². The molecule has 2 unspecified atom stereocenters. The first-order valence-electron chi connectivity index (χ1n) is 24.5. The average Bonchev–Trinajstić information content (AvgIpc) is 3.40. The normalized spacial score (nSPS) is 15.2. The Hall–Kier alpha value is -8.72. The minimum atomic E-state index is 0.0641. The summed E-state index contributed by atoms with van der Waals surface area (Å²) >= 11 is 0. The van der Waals surface area contributed by atoms with Gasteiger partial charge in [-0.05, 0) is 168 Å². The highest BCUT2D eigenvalue weighted by atomic mass is 15.2. The van der Waals surface area contributed by atoms with Gasteiger partial charge in [0.1, 0.15) is 0 Å². The van der Waals surface area contributed by atoms with Crippen LogP contribution in [0.25, 0.3) is 76.1 Å². The van der Waals surface area contributed by atoms with Gasteiger partial charge in [-0.25, -0.2) is 0 Å². The summed E-state index contributed by atoms with van der Waals surface area (Å²) in [6.07, 6.45) is 15.9. The lowest BCUT2D eigenvalue weighted by atomic mass is 9.82. The number of fused-ring (bicyclic) bond motifs is 6. The summed E-state index contributed by atoms with van der Waals surface area (Å²) in [7, 11) is 0. The molecule has 0 aliphatic heterocycles. The van der Waals surface area contributed by atoms with Crippen LogP contribution in [-0.2, 0) is 0 Å². The number of benzene rings is 11. The second kappa shape index (κ2) is 17.1. The molecule has 2 nitrogen and oxygen atoms in total. The summed E-state index contributed by atoms with van der Waals surface area (Å²) in [4.78, 5) is 5.03. The standard InChI is InChI=1S/C68H50N2/c1-45-15-11-25-55(39-45)69(65-29-13-23-49-19-7-9-27-59(49)65)57-35-37-61-63(43-57)67(53-33-31-47-17-3-5-21-51(47)41-53)62-38-36-58(44-64(62)68(61)54-34-32-48-18-4-6-22-52(48)42-54)70(56-26-12-16-46(2)40-56)66-30-14-24-50-20-8-10-28-60(50)66/h3-44,59,65H,1-2H3. The first kappa shape index (κ1) is 41.5. The van der Waals surface area contributed by atoms with E-state index in [0.29, 0.717) is 0 Å². The van der Waals surface area contributed by atoms with E-state index in [1.165, 1.54) is 98.5 Å². The van der Waals surface area contributed by atoms with Crippen LogP contribution < -0.4 is 9.80 Å². The molecule has 2 heteroatoms. The number of hydrogen-bond acceptors (Lipinski definition) is 2. The Morgan fingerprint density at radius 2 is 0.900 bits per heavy atom. The largest absolute Gasteiger partial charge is 0.334 e. The number of rotatable bonds is 8. The molecular weight excluding hydrogens is 845 g/mol. The highest BCUT2D eigenvalue weighted by Gasteiger charge is 2.31. The second-order valence-electron chi connectivity index (χ2n) is 19.0. The summed E-state index contributed by atoms with van der Waals surface area (Å²) in [6, 6.07) is 79.4. The summed E-state index contributed by atoms with van der Waals surface area (Å²) in [5, 5.41) is 12.2. The van der Waals surface area contributed by atoms with Crippen LogP contribution in [0.15, 0.2) is 260 Å². The van der Waals surface area contributed by atoms with Gasteiger partial charge in [0, 0.05) is 34.1 Å². The molecule has 11 aromatic rings. The van der Waals surface area contributed by atoms with Gasteiger partial charge in [-0.3, -0.25) is 0 Å². The smallest absolute Gasteiger partial charge is 0.0628 e. The molecule has 0 aromatic heterocycles. The molecule has 0 radical (unpaired) electrons. The van der Waals surface area contributed by atoms with E-state index in [-0.39, 0.29) is 12.0 Å². The van der Waals surface area contributed by atoms with Gasteiger partial charge in [0.25, 0.3) is 0 Å². The molecule has 0 heterocycles. The zero-order chi connectivity index (χ0) is 46.7. The Balaban J connectivity index is 1.14. The fourth-order valence-corrected chi connectivity index (χ4v) is 11.4. The van der Waals surface area contributed by atoms with Gasteiger partial charge in [-0.1, -0.05) is 188 Å². The maximum atomic E-state index is 2.57. The molecule has 11 aromatic carbocycles. The third-order valence-electron chi connectivity index (χ3n) is 14.6. The summed E-state index contributed by atoms with van der Waals surface area (Å²) in [6.45, 7) is 4.38. The number of hydrogen-bond donors (Lipinski definition) is 0. The van der Waals surface area contributed by atoms with Crippen molar-refractivity contribution in [2.24, 2.45) is 5.92 Å². The van der Waals surface area contributed by atoms with Gasteiger partial charge >= 0.3 is 0 Å². The molecule has 2 aliphatic rings. The molecule has 0 amide bonds. The van der Waals surface area contributed by atoms with Gasteiger partial charge in [0.05, 0.1) is 11.7 Å². The monoisotopic (exact) mass is 894 g/mol. The van der Waals surface area contributed by atoms with Crippen LogP contribution in [0, 0.1) is 19.8 Å². The van der Waals surface area contributed by atoms with Crippen LogP contribution in [0.5, 0.6) is 0 Å². The van der Waals surface area contributed by atoms with E-state index in [4.69, 9.17) is 0 Å². The summed E-state index contributed by atoms with van der Waals surface area (Å²) in [5.41, 5.74) is 14.3. The molecule has 2 aliphatic carbocycles. The molecule has 0 saturated carbocycles. The molecule has 2 atom stereocenters. The van der Waals surface area contributed by atoms with Gasteiger partial charge in [0.15, 0.2) is 0 Å². The SMILES string of the molecule is Cc1cccc(N(c2ccc3c(-c4ccc5ccccc5c4)c4cc(N(c5cccc(C)c5)C5C=CC=C6C=CC=CC65)ccc4c(-c4ccc5ccccc5c4)c3c2)c2cccc3ccccc23)c1. The van der Waals surface area contributed by atoms with E-state index < -0.39 is 0 Å². The van der Waals surface area contributed by atoms with E-state index in [0.717, 1.165) is 22.7 Å². The van der Waals surface area contributed by atoms with E-state index in [2.05, 4.69) is 279 Å². The third-order valence-corrected chi connectivity index (χ3v) is 14.6. The van der Waals surface area contributed by atoms with Crippen LogP contribution >= 0.6 is 0 Å². The Labute approximate surface area is 409 Å². The lowest BCUT2D eigenvalue weighted by Crippen LogP contribution is -2.37. The molecular formula is C68H50N2. The first-order chi connectivity index (χ1) is 34.5. The maximum Gasteiger partial charge on any atom is 0.0628 e. The topological polar surface area (TPSA) is 6.48 Å². The second-order valence-corrected chi connectivity index (χ2v) is 19.0. The molecule has 0 bridgehead atoms. The van der Waals surface area contributed by atoms with Gasteiger partial charge in [-0.2, -0.15) is 0 Å². The van der Waals surface area contributed by atoms with Crippen LogP contribution in [0.1, 0.15) is 11.1 Å². The quantitative estimate of drug-likeness (QED) is 0.140. The maximum absolute atomic E-state index is 2.57. The predicted octanol–water partition coefficient (Wildman–Crippen LogP) is 18.6. The van der Waals surface area contributed by atoms with E-state index in [1.54, 1.807) is 0 Å². The molecule has 332 valence electrons. The third kappa shape index (κ3) is 7.20. The minimum absolute atomic E-state index is 0.0641. The summed E-state index contributed by atoms with van der Waals surface area (Å²) in [5.74, 6) is 0.201. The van der Waals surface area contributed by atoms with Crippen molar-refractivity contribution in [3.05, 3.63) is 272 Å². The van der Waals surface area contributed by atoms with Gasteiger partial charge < -0.3 is 9.80 Å². The van der Waals surface area contributed by atoms with E-state index in [9.17, 15) is 0 Å². The molecule has 0 fully saturated rings. The predicted molar refractivity (Wildman–Crippen MR) is 300 cm³/mol. The Kier molecular flexibility index (Phi) is 10.1. The van der Waals surface area contributed by atoms with Crippen LogP contribution in [0.3, 0.4) is 0 Å². The Morgan fingerprint density at radius 3 is 1.59 bits per heavy atom.